The largest absolute Gasteiger partial charge is 0.369 e. The standard InChI is InChI=1S/C21H20FN7O2S/c22-13-7-25-21-26-11-2-1-9(6-23)14(5-11)27-16(30)8-32-15-4-10-3-12(15)18(17(10)19(24)31)28-20(13)29-21/h1-2,5,7,10,12,15,17-18H,3-4,8H2,(H2,24,31)(H,27,30)(H2,25,26,28,29). The summed E-state index contributed by atoms with van der Waals surface area (Å²) in [6.45, 7) is 0. The van der Waals surface area contributed by atoms with Crippen molar-refractivity contribution in [1.29, 1.82) is 5.26 Å². The van der Waals surface area contributed by atoms with Gasteiger partial charge in [-0.05, 0) is 42.9 Å². The topological polar surface area (TPSA) is 146 Å². The number of halogens is 1. The number of nitrogens with two attached hydrogens (primary N) is 1. The van der Waals surface area contributed by atoms with Gasteiger partial charge in [-0.15, -0.1) is 11.8 Å². The highest BCUT2D eigenvalue weighted by Gasteiger charge is 2.55. The lowest BCUT2D eigenvalue weighted by Crippen LogP contribution is -2.46. The molecule has 32 heavy (non-hydrogen) atoms. The van der Waals surface area contributed by atoms with Gasteiger partial charge >= 0.3 is 0 Å². The second-order valence-electron chi connectivity index (χ2n) is 8.28. The third-order valence-corrected chi connectivity index (χ3v) is 7.82. The van der Waals surface area contributed by atoms with E-state index in [4.69, 9.17) is 5.73 Å². The Hall–Kier alpha value is -3.39. The Labute approximate surface area is 187 Å². The molecule has 2 heterocycles. The van der Waals surface area contributed by atoms with E-state index in [0.717, 1.165) is 19.0 Å². The average molecular weight is 454 g/mol. The van der Waals surface area contributed by atoms with Gasteiger partial charge < -0.3 is 21.7 Å². The highest BCUT2D eigenvalue weighted by atomic mass is 32.2. The van der Waals surface area contributed by atoms with Gasteiger partial charge in [-0.1, -0.05) is 0 Å². The van der Waals surface area contributed by atoms with Crippen molar-refractivity contribution in [2.45, 2.75) is 24.1 Å². The van der Waals surface area contributed by atoms with Crippen LogP contribution >= 0.6 is 11.8 Å². The average Bonchev–Trinajstić information content (AvgIpc) is 3.32. The Bertz CT molecular complexity index is 1150. The SMILES string of the molecule is N#Cc1ccc2cc1NC(=O)CSC1CC3CC1C(Nc1nc(ncc1F)N2)C3C(N)=O. The van der Waals surface area contributed by atoms with E-state index >= 15 is 0 Å². The number of thioether (sulfide) groups is 1. The maximum absolute atomic E-state index is 14.6. The molecular weight excluding hydrogens is 433 g/mol. The molecule has 11 heteroatoms. The summed E-state index contributed by atoms with van der Waals surface area (Å²) in [4.78, 5) is 33.1. The van der Waals surface area contributed by atoms with Gasteiger partial charge in [-0.2, -0.15) is 10.2 Å². The van der Waals surface area contributed by atoms with Gasteiger partial charge in [-0.25, -0.2) is 9.37 Å². The molecule has 2 saturated carbocycles. The fourth-order valence-electron chi connectivity index (χ4n) is 5.11. The van der Waals surface area contributed by atoms with Crippen LogP contribution in [0, 0.1) is 34.9 Å². The third kappa shape index (κ3) is 3.60. The Balaban J connectivity index is 1.55. The molecule has 5 N–H and O–H groups in total. The summed E-state index contributed by atoms with van der Waals surface area (Å²) in [5.41, 5.74) is 6.91. The lowest BCUT2D eigenvalue weighted by molar-refractivity contribution is -0.123. The first-order chi connectivity index (χ1) is 15.4. The molecule has 0 radical (unpaired) electrons. The van der Waals surface area contributed by atoms with Gasteiger partial charge in [0.25, 0.3) is 0 Å². The molecule has 0 spiro atoms. The lowest BCUT2D eigenvalue weighted by Gasteiger charge is -2.34. The summed E-state index contributed by atoms with van der Waals surface area (Å²) in [5.74, 6) is -1.25. The number of nitriles is 1. The summed E-state index contributed by atoms with van der Waals surface area (Å²) in [6.07, 6.45) is 2.61. The van der Waals surface area contributed by atoms with E-state index in [2.05, 4.69) is 32.0 Å². The second-order valence-corrected chi connectivity index (χ2v) is 9.51. The maximum atomic E-state index is 14.6. The van der Waals surface area contributed by atoms with E-state index in [9.17, 15) is 19.2 Å². The number of fused-ring (bicyclic) bond motifs is 5. The van der Waals surface area contributed by atoms with Gasteiger partial charge in [0, 0.05) is 17.0 Å². The van der Waals surface area contributed by atoms with Crippen LogP contribution in [0.25, 0.3) is 0 Å². The second kappa shape index (κ2) is 7.94. The molecule has 2 amide bonds. The van der Waals surface area contributed by atoms with Crippen LogP contribution in [0.3, 0.4) is 0 Å². The lowest BCUT2D eigenvalue weighted by atomic mass is 9.83. The van der Waals surface area contributed by atoms with Crippen LogP contribution in [0.5, 0.6) is 0 Å². The number of carbonyl (C=O) groups is 2. The molecule has 164 valence electrons. The van der Waals surface area contributed by atoms with Crippen molar-refractivity contribution >= 4 is 46.7 Å². The zero-order valence-corrected chi connectivity index (χ0v) is 17.7. The van der Waals surface area contributed by atoms with Crippen molar-refractivity contribution in [3.8, 4) is 6.07 Å². The number of amides is 2. The van der Waals surface area contributed by atoms with Crippen molar-refractivity contribution in [3.05, 3.63) is 35.8 Å². The summed E-state index contributed by atoms with van der Waals surface area (Å²) < 4.78 is 14.6. The summed E-state index contributed by atoms with van der Waals surface area (Å²) in [6, 6.07) is 6.52. The number of carbonyl (C=O) groups excluding carboxylic acids is 2. The monoisotopic (exact) mass is 453 g/mol. The van der Waals surface area contributed by atoms with E-state index in [1.54, 1.807) is 18.2 Å². The molecule has 6 bridgehead atoms. The van der Waals surface area contributed by atoms with Crippen molar-refractivity contribution in [3.63, 3.8) is 0 Å². The van der Waals surface area contributed by atoms with Gasteiger partial charge in [0.2, 0.25) is 17.8 Å². The van der Waals surface area contributed by atoms with Crippen LogP contribution in [-0.4, -0.2) is 38.8 Å². The first kappa shape index (κ1) is 20.5. The molecule has 1 aliphatic heterocycles. The molecule has 5 unspecified atom stereocenters. The Kier molecular flexibility index (Phi) is 5.09. The van der Waals surface area contributed by atoms with Crippen LogP contribution in [0.15, 0.2) is 24.4 Å². The normalized spacial score (nSPS) is 28.4. The molecule has 2 aliphatic carbocycles. The van der Waals surface area contributed by atoms with Crippen molar-refractivity contribution in [1.82, 2.24) is 9.97 Å². The molecule has 2 aromatic rings. The van der Waals surface area contributed by atoms with Gasteiger partial charge in [0.05, 0.1) is 29.1 Å². The summed E-state index contributed by atoms with van der Waals surface area (Å²) in [7, 11) is 0. The van der Waals surface area contributed by atoms with E-state index in [-0.39, 0.29) is 46.6 Å². The van der Waals surface area contributed by atoms with Crippen molar-refractivity contribution in [2.75, 3.05) is 21.7 Å². The fourth-order valence-corrected chi connectivity index (χ4v) is 6.46. The predicted molar refractivity (Wildman–Crippen MR) is 118 cm³/mol. The van der Waals surface area contributed by atoms with Gasteiger partial charge in [0.1, 0.15) is 6.07 Å². The van der Waals surface area contributed by atoms with Gasteiger partial charge in [-0.3, -0.25) is 9.59 Å². The molecule has 2 fully saturated rings. The molecule has 5 rings (SSSR count). The minimum Gasteiger partial charge on any atom is -0.369 e. The van der Waals surface area contributed by atoms with E-state index in [1.165, 1.54) is 11.8 Å². The van der Waals surface area contributed by atoms with Crippen LogP contribution in [0.4, 0.5) is 27.5 Å². The van der Waals surface area contributed by atoms with Crippen LogP contribution in [0.1, 0.15) is 18.4 Å². The van der Waals surface area contributed by atoms with Crippen LogP contribution in [-0.2, 0) is 9.59 Å². The minimum atomic E-state index is -0.632. The first-order valence-electron chi connectivity index (χ1n) is 10.2. The number of hydrogen-bond donors (Lipinski definition) is 4. The number of benzene rings is 1. The zero-order valence-electron chi connectivity index (χ0n) is 16.8. The molecule has 5 atom stereocenters. The predicted octanol–water partition coefficient (Wildman–Crippen LogP) is 2.21. The Morgan fingerprint density at radius 2 is 2.16 bits per heavy atom. The highest BCUT2D eigenvalue weighted by Crippen LogP contribution is 2.53. The van der Waals surface area contributed by atoms with E-state index in [1.807, 2.05) is 0 Å². The first-order valence-corrected chi connectivity index (χ1v) is 11.3. The van der Waals surface area contributed by atoms with Crippen LogP contribution in [0.2, 0.25) is 0 Å². The number of rotatable bonds is 1. The number of primary amides is 1. The van der Waals surface area contributed by atoms with E-state index < -0.39 is 17.6 Å². The molecule has 1 aromatic heterocycles. The molecule has 1 aromatic carbocycles. The Morgan fingerprint density at radius 1 is 1.31 bits per heavy atom. The quantitative estimate of drug-likeness (QED) is 0.514. The molecule has 3 aliphatic rings. The summed E-state index contributed by atoms with van der Waals surface area (Å²) >= 11 is 1.51. The molecular formula is C21H20FN7O2S. The molecule has 9 nitrogen and oxygen atoms in total. The minimum absolute atomic E-state index is 0.00649. The van der Waals surface area contributed by atoms with Crippen LogP contribution < -0.4 is 21.7 Å². The number of anilines is 4. The fraction of sp³-hybridized carbons (Fsp3) is 0.381. The van der Waals surface area contributed by atoms with Crippen molar-refractivity contribution in [2.24, 2.45) is 23.5 Å². The van der Waals surface area contributed by atoms with Gasteiger partial charge in [0.15, 0.2) is 11.6 Å². The van der Waals surface area contributed by atoms with Crippen molar-refractivity contribution < 1.29 is 14.0 Å². The Morgan fingerprint density at radius 3 is 2.94 bits per heavy atom. The third-order valence-electron chi connectivity index (χ3n) is 6.42. The number of aromatic nitrogens is 2. The maximum Gasteiger partial charge on any atom is 0.234 e. The molecule has 0 saturated heterocycles. The number of nitrogens with zero attached hydrogens (tertiary/aromatic N) is 3. The zero-order chi connectivity index (χ0) is 22.4. The number of nitrogens with one attached hydrogen (secondary N) is 3. The van der Waals surface area contributed by atoms with E-state index in [0.29, 0.717) is 16.9 Å². The summed E-state index contributed by atoms with van der Waals surface area (Å²) in [5, 5.41) is 18.4. The smallest absolute Gasteiger partial charge is 0.234 e. The number of hydrogen-bond acceptors (Lipinski definition) is 8. The highest BCUT2D eigenvalue weighted by molar-refractivity contribution is 8.00.